The first kappa shape index (κ1) is 23.0. The van der Waals surface area contributed by atoms with E-state index in [9.17, 15) is 9.59 Å². The van der Waals surface area contributed by atoms with Crippen molar-refractivity contribution in [2.75, 3.05) is 38.0 Å². The molecule has 1 unspecified atom stereocenters. The van der Waals surface area contributed by atoms with Crippen LogP contribution < -0.4 is 27.4 Å². The number of hydrogen-bond donors (Lipinski definition) is 4. The summed E-state index contributed by atoms with van der Waals surface area (Å²) >= 11 is 0. The van der Waals surface area contributed by atoms with Crippen LogP contribution in [0.4, 0.5) is 10.6 Å². The van der Waals surface area contributed by atoms with Crippen LogP contribution in [0.3, 0.4) is 0 Å². The number of nitrogens with two attached hydrogens (primary N) is 1. The van der Waals surface area contributed by atoms with E-state index in [4.69, 9.17) is 5.73 Å². The van der Waals surface area contributed by atoms with Gasteiger partial charge in [0.15, 0.2) is 0 Å². The van der Waals surface area contributed by atoms with E-state index in [1.165, 1.54) is 29.4 Å². The average Bonchev–Trinajstić information content (AvgIpc) is 3.35. The zero-order chi connectivity index (χ0) is 23.7. The van der Waals surface area contributed by atoms with Crippen molar-refractivity contribution in [2.24, 2.45) is 17.6 Å². The molecule has 3 saturated carbocycles. The van der Waals surface area contributed by atoms with Gasteiger partial charge in [0.25, 0.3) is 0 Å². The standard InChI is InChI=1S/C25H35N7O2/c1-17(30-25-13-19(14-25)20(15-25)16-26)12-18-2-4-21(5-3-18)32-9-6-22(29-24(32)34)28-23(33)31-10-7-27-8-11-31/h2-6,9,17,19-20,27,30H,7-8,10-16,26H2,1H3,(H,28,29,33,34)/t17?,19?,20-,25?/m1/s1. The number of rotatable bonds is 7. The smallest absolute Gasteiger partial charge is 0.330 e. The van der Waals surface area contributed by atoms with Crippen LogP contribution in [0.25, 0.3) is 5.69 Å². The predicted molar refractivity (Wildman–Crippen MR) is 132 cm³/mol. The van der Waals surface area contributed by atoms with E-state index in [1.54, 1.807) is 17.2 Å². The molecule has 34 heavy (non-hydrogen) atoms. The van der Waals surface area contributed by atoms with E-state index >= 15 is 0 Å². The van der Waals surface area contributed by atoms with Crippen LogP contribution >= 0.6 is 0 Å². The minimum atomic E-state index is -0.421. The molecule has 4 fully saturated rings. The number of benzene rings is 1. The van der Waals surface area contributed by atoms with E-state index in [0.717, 1.165) is 37.7 Å². The molecule has 182 valence electrons. The molecule has 1 aromatic carbocycles. The van der Waals surface area contributed by atoms with Gasteiger partial charge in [-0.15, -0.1) is 0 Å². The third kappa shape index (κ3) is 4.73. The number of piperazine rings is 1. The highest BCUT2D eigenvalue weighted by Crippen LogP contribution is 2.55. The molecule has 5 N–H and O–H groups in total. The molecule has 2 amide bonds. The molecular weight excluding hydrogens is 430 g/mol. The van der Waals surface area contributed by atoms with Crippen LogP contribution in [0.1, 0.15) is 31.7 Å². The number of fused-ring (bicyclic) bond motifs is 1. The molecule has 2 aromatic rings. The second-order valence-electron chi connectivity index (χ2n) is 10.2. The zero-order valence-electron chi connectivity index (χ0n) is 19.8. The Bertz CT molecular complexity index is 1070. The third-order valence-corrected chi connectivity index (χ3v) is 7.68. The van der Waals surface area contributed by atoms with Gasteiger partial charge in [-0.1, -0.05) is 12.1 Å². The summed E-state index contributed by atoms with van der Waals surface area (Å²) in [6.45, 7) is 5.86. The summed E-state index contributed by atoms with van der Waals surface area (Å²) in [6.07, 6.45) is 6.32. The van der Waals surface area contributed by atoms with Gasteiger partial charge in [0.2, 0.25) is 0 Å². The summed E-state index contributed by atoms with van der Waals surface area (Å²) in [5, 5.41) is 9.80. The lowest BCUT2D eigenvalue weighted by atomic mass is 9.75. The molecule has 2 bridgehead atoms. The lowest BCUT2D eigenvalue weighted by Crippen LogP contribution is -2.53. The minimum absolute atomic E-state index is 0.230. The highest BCUT2D eigenvalue weighted by molar-refractivity contribution is 5.88. The van der Waals surface area contributed by atoms with Crippen LogP contribution in [0, 0.1) is 11.8 Å². The largest absolute Gasteiger partial charge is 0.354 e. The maximum absolute atomic E-state index is 12.6. The summed E-state index contributed by atoms with van der Waals surface area (Å²) in [5.74, 6) is 1.77. The normalized spacial score (nSPS) is 26.7. The molecule has 2 heterocycles. The van der Waals surface area contributed by atoms with Gasteiger partial charge in [-0.05, 0) is 74.8 Å². The summed E-state index contributed by atoms with van der Waals surface area (Å²) in [6, 6.07) is 9.83. The number of hydrogen-bond acceptors (Lipinski definition) is 6. The topological polar surface area (TPSA) is 117 Å². The molecule has 3 aliphatic carbocycles. The van der Waals surface area contributed by atoms with Gasteiger partial charge in [-0.25, -0.2) is 9.59 Å². The van der Waals surface area contributed by atoms with E-state index < -0.39 is 5.69 Å². The molecule has 1 aliphatic heterocycles. The van der Waals surface area contributed by atoms with E-state index in [-0.39, 0.29) is 11.8 Å². The fraction of sp³-hybridized carbons (Fsp3) is 0.560. The van der Waals surface area contributed by atoms with Crippen LogP contribution in [0.5, 0.6) is 0 Å². The maximum atomic E-state index is 12.6. The Balaban J connectivity index is 1.18. The number of amides is 2. The summed E-state index contributed by atoms with van der Waals surface area (Å²) in [5.41, 5.74) is 7.78. The van der Waals surface area contributed by atoms with Gasteiger partial charge in [0, 0.05) is 44.0 Å². The summed E-state index contributed by atoms with van der Waals surface area (Å²) < 4.78 is 1.49. The van der Waals surface area contributed by atoms with E-state index in [0.29, 0.717) is 30.6 Å². The Morgan fingerprint density at radius 1 is 1.21 bits per heavy atom. The fourth-order valence-electron chi connectivity index (χ4n) is 6.01. The first-order valence-corrected chi connectivity index (χ1v) is 12.4. The van der Waals surface area contributed by atoms with Gasteiger partial charge >= 0.3 is 11.7 Å². The van der Waals surface area contributed by atoms with Gasteiger partial charge in [0.05, 0.1) is 5.69 Å². The number of carbonyl (C=O) groups is 1. The van der Waals surface area contributed by atoms with Crippen molar-refractivity contribution in [3.63, 3.8) is 0 Å². The molecule has 1 aromatic heterocycles. The molecular formula is C25H35N7O2. The first-order valence-electron chi connectivity index (χ1n) is 12.4. The second-order valence-corrected chi connectivity index (χ2v) is 10.2. The molecule has 4 aliphatic rings. The van der Waals surface area contributed by atoms with Crippen LogP contribution in [-0.4, -0.2) is 64.8 Å². The fourth-order valence-corrected chi connectivity index (χ4v) is 6.01. The molecule has 0 radical (unpaired) electrons. The predicted octanol–water partition coefficient (Wildman–Crippen LogP) is 1.32. The Morgan fingerprint density at radius 3 is 2.59 bits per heavy atom. The number of carbonyl (C=O) groups excluding carboxylic acids is 1. The van der Waals surface area contributed by atoms with Crippen molar-refractivity contribution < 1.29 is 4.79 Å². The number of aromatic nitrogens is 2. The minimum Gasteiger partial charge on any atom is -0.330 e. The van der Waals surface area contributed by atoms with Crippen LogP contribution in [0.15, 0.2) is 41.3 Å². The van der Waals surface area contributed by atoms with Gasteiger partial charge in [-0.2, -0.15) is 4.98 Å². The van der Waals surface area contributed by atoms with Crippen molar-refractivity contribution in [2.45, 2.75) is 44.2 Å². The van der Waals surface area contributed by atoms with Crippen molar-refractivity contribution in [3.8, 4) is 5.69 Å². The molecule has 0 spiro atoms. The second kappa shape index (κ2) is 9.48. The molecule has 9 nitrogen and oxygen atoms in total. The average molecular weight is 466 g/mol. The maximum Gasteiger partial charge on any atom is 0.354 e. The molecule has 9 heteroatoms. The summed E-state index contributed by atoms with van der Waals surface area (Å²) in [7, 11) is 0. The van der Waals surface area contributed by atoms with Crippen LogP contribution in [0.2, 0.25) is 0 Å². The van der Waals surface area contributed by atoms with Gasteiger partial charge in [0.1, 0.15) is 5.82 Å². The van der Waals surface area contributed by atoms with Crippen molar-refractivity contribution in [3.05, 3.63) is 52.6 Å². The Morgan fingerprint density at radius 2 is 1.94 bits per heavy atom. The van der Waals surface area contributed by atoms with Gasteiger partial charge < -0.3 is 21.3 Å². The number of nitrogens with zero attached hydrogens (tertiary/aromatic N) is 3. The first-order chi connectivity index (χ1) is 16.4. The third-order valence-electron chi connectivity index (χ3n) is 7.68. The monoisotopic (exact) mass is 465 g/mol. The van der Waals surface area contributed by atoms with Crippen LogP contribution in [-0.2, 0) is 6.42 Å². The summed E-state index contributed by atoms with van der Waals surface area (Å²) in [4.78, 5) is 30.7. The Kier molecular flexibility index (Phi) is 6.42. The Labute approximate surface area is 200 Å². The molecule has 2 atom stereocenters. The number of anilines is 1. The highest BCUT2D eigenvalue weighted by Gasteiger charge is 2.55. The Hall–Kier alpha value is -2.75. The highest BCUT2D eigenvalue weighted by atomic mass is 16.2. The molecule has 1 saturated heterocycles. The van der Waals surface area contributed by atoms with E-state index in [1.807, 2.05) is 12.1 Å². The SMILES string of the molecule is CC(Cc1ccc(-n2ccc(NC(=O)N3CCNCC3)nc2=O)cc1)NC12CC(C1)[C@@H](CN)C2. The quantitative estimate of drug-likeness (QED) is 0.490. The number of nitrogens with one attached hydrogen (secondary N) is 3. The van der Waals surface area contributed by atoms with Crippen molar-refractivity contribution in [1.82, 2.24) is 25.1 Å². The lowest BCUT2D eigenvalue weighted by Gasteiger charge is -2.42. The van der Waals surface area contributed by atoms with Crippen molar-refractivity contribution >= 4 is 11.8 Å². The van der Waals surface area contributed by atoms with Crippen molar-refractivity contribution in [1.29, 1.82) is 0 Å². The lowest BCUT2D eigenvalue weighted by molar-refractivity contribution is 0.167. The molecule has 6 rings (SSSR count). The number of urea groups is 1. The van der Waals surface area contributed by atoms with E-state index in [2.05, 4.69) is 40.0 Å². The van der Waals surface area contributed by atoms with Gasteiger partial charge in [-0.3, -0.25) is 9.88 Å². The zero-order valence-corrected chi connectivity index (χ0v) is 19.8.